The van der Waals surface area contributed by atoms with Crippen LogP contribution in [0, 0.1) is 11.8 Å². The van der Waals surface area contributed by atoms with Gasteiger partial charge in [-0.25, -0.2) is 33.7 Å². The summed E-state index contributed by atoms with van der Waals surface area (Å²) in [5, 5.41) is -0.471. The molecule has 0 spiro atoms. The van der Waals surface area contributed by atoms with Crippen LogP contribution in [-0.4, -0.2) is 168 Å². The normalized spacial score (nSPS) is 15.0. The van der Waals surface area contributed by atoms with E-state index in [2.05, 4.69) is 63.6 Å². The van der Waals surface area contributed by atoms with Crippen LogP contribution in [0.1, 0.15) is 116 Å². The smallest absolute Gasteiger partial charge is 0.393 e. The number of benzene rings is 4. The Hall–Kier alpha value is -5.97. The molecule has 4 aromatic rings. The van der Waals surface area contributed by atoms with Crippen molar-refractivity contribution >= 4 is 102 Å². The summed E-state index contributed by atoms with van der Waals surface area (Å²) in [7, 11) is -7.74. The average Bonchev–Trinajstić information content (AvgIpc) is 1.77. The molecule has 4 aliphatic rings. The predicted molar refractivity (Wildman–Crippen MR) is 375 cm³/mol. The highest BCUT2D eigenvalue weighted by molar-refractivity contribution is 9.10. The van der Waals surface area contributed by atoms with E-state index in [0.717, 1.165) is 146 Å². The Kier molecular flexibility index (Phi) is 29.4. The summed E-state index contributed by atoms with van der Waals surface area (Å²) < 4.78 is 163. The van der Waals surface area contributed by atoms with Gasteiger partial charge in [0.1, 0.15) is 49.4 Å². The molecule has 4 aromatic carbocycles. The van der Waals surface area contributed by atoms with Gasteiger partial charge in [0.15, 0.2) is 0 Å². The van der Waals surface area contributed by atoms with Gasteiger partial charge in [0.2, 0.25) is 40.1 Å². The minimum atomic E-state index is -4.49. The Labute approximate surface area is 559 Å². The number of nitrogens with zero attached hydrogens (tertiary/aromatic N) is 8. The van der Waals surface area contributed by atoms with E-state index in [1.165, 1.54) is 57.7 Å². The van der Waals surface area contributed by atoms with Crippen molar-refractivity contribution in [2.24, 2.45) is 31.8 Å². The van der Waals surface area contributed by atoms with Crippen molar-refractivity contribution in [1.82, 2.24) is 0 Å². The molecule has 0 bridgehead atoms. The Morgan fingerprint density at radius 2 is 0.785 bits per heavy atom. The van der Waals surface area contributed by atoms with Crippen LogP contribution >= 0.6 is 15.9 Å². The quantitative estimate of drug-likeness (QED) is 0.0542. The van der Waals surface area contributed by atoms with Gasteiger partial charge in [-0.1, -0.05) is 52.0 Å². The molecule has 28 heteroatoms. The molecule has 0 unspecified atom stereocenters. The number of hydrogen-bond donors (Lipinski definition) is 0. The fraction of sp³-hybridized carbons (Fsp3) is 0.569. The van der Waals surface area contributed by atoms with Crippen molar-refractivity contribution in [2.75, 3.05) is 117 Å². The highest BCUT2D eigenvalue weighted by Crippen LogP contribution is 2.39. The molecule has 4 heterocycles. The number of alkyl halides is 3. The summed E-state index contributed by atoms with van der Waals surface area (Å²) >= 11 is 3.41. The van der Waals surface area contributed by atoms with Gasteiger partial charge in [0.25, 0.3) is 0 Å². The Morgan fingerprint density at radius 1 is 0.462 bits per heavy atom. The van der Waals surface area contributed by atoms with Crippen LogP contribution < -0.4 is 36.2 Å². The van der Waals surface area contributed by atoms with Gasteiger partial charge in [0, 0.05) is 93.9 Å². The van der Waals surface area contributed by atoms with Crippen molar-refractivity contribution in [3.8, 4) is 23.0 Å². The molecule has 0 atom stereocenters. The maximum Gasteiger partial charge on any atom is 0.393 e. The zero-order valence-corrected chi connectivity index (χ0v) is 60.8. The average molecular weight is 1440 g/mol. The maximum absolute atomic E-state index is 13.0. The standard InChI is InChI=1S/C19H30N2O3S.C18H28N2O3S.C15H19F3N2O3S.C13H17BrN2O3S/c1-14(2)12-17-18(21(5)25(22,23)15(3)4)9-6-10-19(17)24-13-16-8-7-11-20-16;1-14(2)10-11-16-17(20(3)24(4,21)22)8-5-9-18(16)23-13-15-7-6-12-19-15;1-20(24(2,21)22)13-6-3-7-14(12(13)9-15(16,17)18)23-10-11-5-4-8-19-11;1-16(20(2,17)18)11-6-3-7-12(13(11)14)19-9-10-5-4-8-15-10/h6,9-10,14-15H,7-8,11-13H2,1-5H3;5,8-9,14H,6-7,10-13H2,1-4H3;3,6-7H,4-5,8-10H2,1-2H3;3,6-7H,4-5,8-9H2,1-2H3. The zero-order valence-electron chi connectivity index (χ0n) is 55.9. The first kappa shape index (κ1) is 77.7. The largest absolute Gasteiger partial charge is 0.487 e. The molecule has 0 aliphatic carbocycles. The van der Waals surface area contributed by atoms with E-state index in [0.29, 0.717) is 65.5 Å². The van der Waals surface area contributed by atoms with Crippen LogP contribution in [0.2, 0.25) is 0 Å². The third-order valence-electron chi connectivity index (χ3n) is 15.5. The summed E-state index contributed by atoms with van der Waals surface area (Å²) in [6.07, 6.45) is 7.97. The first-order valence-corrected chi connectivity index (χ1v) is 38.9. The molecule has 20 nitrogen and oxygen atoms in total. The molecule has 8 rings (SSSR count). The second-order valence-corrected chi connectivity index (χ2v) is 33.6. The molecule has 0 N–H and O–H groups in total. The number of anilines is 4. The number of ether oxygens (including phenoxy) is 4. The van der Waals surface area contributed by atoms with Gasteiger partial charge >= 0.3 is 6.18 Å². The lowest BCUT2D eigenvalue weighted by Gasteiger charge is -2.26. The number of hydrogen-bond acceptors (Lipinski definition) is 16. The number of sulfonamides is 4. The number of halogens is 4. The molecule has 0 fully saturated rings. The summed E-state index contributed by atoms with van der Waals surface area (Å²) in [6, 6.07) is 20.8. The summed E-state index contributed by atoms with van der Waals surface area (Å²) in [6.45, 7) is 16.8. The van der Waals surface area contributed by atoms with Crippen LogP contribution in [-0.2, 0) is 59.4 Å². The molecular weight excluding hydrogens is 1350 g/mol. The lowest BCUT2D eigenvalue weighted by molar-refractivity contribution is -0.127. The van der Waals surface area contributed by atoms with Crippen LogP contribution in [0.4, 0.5) is 35.9 Å². The second-order valence-electron chi connectivity index (χ2n) is 24.3. The van der Waals surface area contributed by atoms with Crippen LogP contribution in [0.5, 0.6) is 23.0 Å². The molecule has 0 radical (unpaired) electrons. The van der Waals surface area contributed by atoms with Crippen molar-refractivity contribution in [2.45, 2.75) is 130 Å². The Balaban J connectivity index is 0.000000225. The second kappa shape index (κ2) is 35.1. The fourth-order valence-electron chi connectivity index (χ4n) is 9.98. The molecular formula is C65H94BrF3N8O12S4. The van der Waals surface area contributed by atoms with Crippen molar-refractivity contribution in [3.05, 3.63) is 94.0 Å². The summed E-state index contributed by atoms with van der Waals surface area (Å²) in [5.41, 5.74) is 7.65. The maximum atomic E-state index is 13.0. The number of rotatable bonds is 27. The lowest BCUT2D eigenvalue weighted by atomic mass is 10.00. The van der Waals surface area contributed by atoms with Crippen LogP contribution in [0.25, 0.3) is 0 Å². The first-order valence-electron chi connectivity index (χ1n) is 31.1. The van der Waals surface area contributed by atoms with E-state index in [4.69, 9.17) is 18.9 Å². The molecule has 0 saturated carbocycles. The zero-order chi connectivity index (χ0) is 69.1. The fourth-order valence-corrected chi connectivity index (χ4v) is 13.4. The Morgan fingerprint density at radius 3 is 1.12 bits per heavy atom. The van der Waals surface area contributed by atoms with E-state index in [-0.39, 0.29) is 23.6 Å². The molecule has 518 valence electrons. The van der Waals surface area contributed by atoms with E-state index in [1.807, 2.05) is 36.4 Å². The van der Waals surface area contributed by atoms with E-state index in [1.54, 1.807) is 46.1 Å². The third kappa shape index (κ3) is 24.3. The topological polar surface area (TPSA) is 236 Å². The monoisotopic (exact) mass is 1440 g/mol. The highest BCUT2D eigenvalue weighted by atomic mass is 79.9. The van der Waals surface area contributed by atoms with E-state index in [9.17, 15) is 46.8 Å². The molecule has 4 aliphatic heterocycles. The van der Waals surface area contributed by atoms with Gasteiger partial charge < -0.3 is 18.9 Å². The first-order chi connectivity index (χ1) is 43.5. The van der Waals surface area contributed by atoms with E-state index >= 15 is 0 Å². The van der Waals surface area contributed by atoms with Crippen molar-refractivity contribution in [1.29, 1.82) is 0 Å². The third-order valence-corrected chi connectivity index (χ3v) is 22.0. The van der Waals surface area contributed by atoms with Gasteiger partial charge in [-0.2, -0.15) is 13.2 Å². The summed E-state index contributed by atoms with van der Waals surface area (Å²) in [4.78, 5) is 17.4. The van der Waals surface area contributed by atoms with E-state index < -0.39 is 57.9 Å². The number of aliphatic imine (C=N–C) groups is 4. The highest BCUT2D eigenvalue weighted by Gasteiger charge is 2.33. The Bertz CT molecular complexity index is 3750. The van der Waals surface area contributed by atoms with Gasteiger partial charge in [-0.15, -0.1) is 0 Å². The van der Waals surface area contributed by atoms with Gasteiger partial charge in [-0.05, 0) is 161 Å². The minimum Gasteiger partial charge on any atom is -0.487 e. The lowest BCUT2D eigenvalue weighted by Crippen LogP contribution is -2.33. The minimum absolute atomic E-state index is 0.0231. The van der Waals surface area contributed by atoms with Crippen LogP contribution in [0.3, 0.4) is 0 Å². The van der Waals surface area contributed by atoms with Gasteiger partial charge in [0.05, 0.1) is 57.7 Å². The van der Waals surface area contributed by atoms with Crippen molar-refractivity contribution in [3.63, 3.8) is 0 Å². The van der Waals surface area contributed by atoms with Crippen LogP contribution in [0.15, 0.2) is 97.2 Å². The SMILES string of the molecule is CC(C)CCc1c(OCC2=NCCC2)cccc1N(C)S(C)(=O)=O.CC(C)Cc1c(OCC2=NCCC2)cccc1N(C)S(=O)(=O)C(C)C.CN(c1cccc(OCC2=NCCC2)c1Br)S(C)(=O)=O.CN(c1cccc(OCC2=NCCC2)c1CC(F)(F)F)S(C)(=O)=O. The van der Waals surface area contributed by atoms with Crippen molar-refractivity contribution < 1.29 is 65.8 Å². The molecule has 0 aromatic heterocycles. The molecule has 93 heavy (non-hydrogen) atoms. The van der Waals surface area contributed by atoms with Gasteiger partial charge in [-0.3, -0.25) is 37.2 Å². The molecule has 0 amide bonds. The summed E-state index contributed by atoms with van der Waals surface area (Å²) in [5.74, 6) is 3.09. The molecule has 0 saturated heterocycles. The predicted octanol–water partition coefficient (Wildman–Crippen LogP) is 12.2.